The van der Waals surface area contributed by atoms with Crippen LogP contribution in [-0.2, 0) is 0 Å². The Kier molecular flexibility index (Phi) is 3.61. The van der Waals surface area contributed by atoms with Gasteiger partial charge in [-0.25, -0.2) is 0 Å². The van der Waals surface area contributed by atoms with Crippen LogP contribution in [-0.4, -0.2) is 0 Å². The molecule has 0 radical (unpaired) electrons. The van der Waals surface area contributed by atoms with Crippen LogP contribution in [0.4, 0.5) is 5.69 Å². The van der Waals surface area contributed by atoms with Crippen LogP contribution in [0.15, 0.2) is 23.1 Å². The van der Waals surface area contributed by atoms with Crippen LogP contribution in [0.2, 0.25) is 0 Å². The third-order valence-electron chi connectivity index (χ3n) is 1.19. The number of thiol groups is 1. The van der Waals surface area contributed by atoms with Gasteiger partial charge >= 0.3 is 0 Å². The first-order valence-electron chi connectivity index (χ1n) is 2.75. The van der Waals surface area contributed by atoms with Crippen LogP contribution < -0.4 is 5.73 Å². The third kappa shape index (κ3) is 2.12. The maximum atomic E-state index is 5.51. The zero-order valence-electron chi connectivity index (χ0n) is 5.66. The SMILES string of the molecule is Cc1ccc(N)c(S)c1.Cl. The van der Waals surface area contributed by atoms with E-state index in [1.54, 1.807) is 0 Å². The summed E-state index contributed by atoms with van der Waals surface area (Å²) in [5.41, 5.74) is 7.44. The number of nitrogens with two attached hydrogens (primary N) is 1. The molecule has 0 saturated carbocycles. The second kappa shape index (κ2) is 3.74. The number of rotatable bonds is 0. The minimum Gasteiger partial charge on any atom is -0.398 e. The first-order valence-corrected chi connectivity index (χ1v) is 3.20. The Hall–Kier alpha value is -0.340. The summed E-state index contributed by atoms with van der Waals surface area (Å²) in [5.74, 6) is 0. The fourth-order valence-electron chi connectivity index (χ4n) is 0.654. The third-order valence-corrected chi connectivity index (χ3v) is 1.57. The second-order valence-corrected chi connectivity index (χ2v) is 2.54. The number of hydrogen-bond acceptors (Lipinski definition) is 2. The molecule has 0 spiro atoms. The van der Waals surface area contributed by atoms with Crippen LogP contribution in [0, 0.1) is 6.92 Å². The molecule has 10 heavy (non-hydrogen) atoms. The summed E-state index contributed by atoms with van der Waals surface area (Å²) in [5, 5.41) is 0. The highest BCUT2D eigenvalue weighted by Crippen LogP contribution is 2.16. The highest BCUT2D eigenvalue weighted by molar-refractivity contribution is 7.80. The number of hydrogen-bond donors (Lipinski definition) is 2. The molecule has 0 aromatic heterocycles. The standard InChI is InChI=1S/C7H9NS.ClH/c1-5-2-3-6(8)7(9)4-5;/h2-4,9H,8H2,1H3;1H. The van der Waals surface area contributed by atoms with Crippen molar-refractivity contribution in [1.29, 1.82) is 0 Å². The summed E-state index contributed by atoms with van der Waals surface area (Å²) in [6.07, 6.45) is 0. The molecule has 1 rings (SSSR count). The van der Waals surface area contributed by atoms with Gasteiger partial charge in [0.15, 0.2) is 0 Å². The minimum absolute atomic E-state index is 0. The molecule has 0 aliphatic rings. The predicted octanol–water partition coefficient (Wildman–Crippen LogP) is 2.29. The summed E-state index contributed by atoms with van der Waals surface area (Å²) in [6, 6.07) is 5.77. The summed E-state index contributed by atoms with van der Waals surface area (Å²) in [6.45, 7) is 2.01. The van der Waals surface area contributed by atoms with Crippen molar-refractivity contribution in [2.75, 3.05) is 5.73 Å². The molecule has 2 N–H and O–H groups in total. The van der Waals surface area contributed by atoms with Crippen molar-refractivity contribution in [3.05, 3.63) is 23.8 Å². The largest absolute Gasteiger partial charge is 0.398 e. The number of nitrogen functional groups attached to an aromatic ring is 1. The van der Waals surface area contributed by atoms with Crippen LogP contribution in [0.3, 0.4) is 0 Å². The molecule has 0 amide bonds. The van der Waals surface area contributed by atoms with Crippen molar-refractivity contribution in [1.82, 2.24) is 0 Å². The van der Waals surface area contributed by atoms with Gasteiger partial charge in [0, 0.05) is 10.6 Å². The van der Waals surface area contributed by atoms with E-state index in [1.165, 1.54) is 5.56 Å². The Labute approximate surface area is 72.4 Å². The molecule has 0 heterocycles. The van der Waals surface area contributed by atoms with Gasteiger partial charge in [0.25, 0.3) is 0 Å². The second-order valence-electron chi connectivity index (χ2n) is 2.06. The predicted molar refractivity (Wildman–Crippen MR) is 50.1 cm³/mol. The Morgan fingerprint density at radius 2 is 2.00 bits per heavy atom. The molecule has 0 fully saturated rings. The topological polar surface area (TPSA) is 26.0 Å². The zero-order valence-corrected chi connectivity index (χ0v) is 7.38. The first kappa shape index (κ1) is 9.66. The molecule has 0 unspecified atom stereocenters. The number of benzene rings is 1. The molecule has 1 aromatic rings. The molecule has 3 heteroatoms. The molecule has 0 bridgehead atoms. The van der Waals surface area contributed by atoms with Crippen molar-refractivity contribution < 1.29 is 0 Å². The maximum absolute atomic E-state index is 5.51. The summed E-state index contributed by atoms with van der Waals surface area (Å²) < 4.78 is 0. The van der Waals surface area contributed by atoms with Crippen LogP contribution in [0.25, 0.3) is 0 Å². The van der Waals surface area contributed by atoms with Crippen molar-refractivity contribution in [2.24, 2.45) is 0 Å². The Bertz CT molecular complexity index is 225. The van der Waals surface area contributed by atoms with Crippen molar-refractivity contribution >= 4 is 30.7 Å². The van der Waals surface area contributed by atoms with E-state index in [-0.39, 0.29) is 12.4 Å². The van der Waals surface area contributed by atoms with E-state index in [1.807, 2.05) is 25.1 Å². The molecule has 0 aliphatic carbocycles. The smallest absolute Gasteiger partial charge is 0.0449 e. The average Bonchev–Trinajstić information content (AvgIpc) is 1.80. The first-order chi connectivity index (χ1) is 4.20. The van der Waals surface area contributed by atoms with E-state index >= 15 is 0 Å². The highest BCUT2D eigenvalue weighted by atomic mass is 35.5. The van der Waals surface area contributed by atoms with Crippen LogP contribution >= 0.6 is 25.0 Å². The summed E-state index contributed by atoms with van der Waals surface area (Å²) in [7, 11) is 0. The van der Waals surface area contributed by atoms with Gasteiger partial charge in [-0.05, 0) is 24.6 Å². The quantitative estimate of drug-likeness (QED) is 0.459. The lowest BCUT2D eigenvalue weighted by molar-refractivity contribution is 1.37. The molecule has 56 valence electrons. The van der Waals surface area contributed by atoms with E-state index in [0.29, 0.717) is 0 Å². The van der Waals surface area contributed by atoms with Crippen molar-refractivity contribution in [2.45, 2.75) is 11.8 Å². The number of anilines is 1. The summed E-state index contributed by atoms with van der Waals surface area (Å²) in [4.78, 5) is 0.856. The van der Waals surface area contributed by atoms with E-state index in [9.17, 15) is 0 Å². The van der Waals surface area contributed by atoms with Gasteiger partial charge in [0.1, 0.15) is 0 Å². The lowest BCUT2D eigenvalue weighted by Crippen LogP contribution is -1.85. The van der Waals surface area contributed by atoms with Gasteiger partial charge in [0.05, 0.1) is 0 Å². The average molecular weight is 176 g/mol. The molecular formula is C7H10ClNS. The van der Waals surface area contributed by atoms with E-state index in [4.69, 9.17) is 5.73 Å². The highest BCUT2D eigenvalue weighted by Gasteiger charge is 1.90. The monoisotopic (exact) mass is 175 g/mol. The Morgan fingerprint density at radius 1 is 1.40 bits per heavy atom. The minimum atomic E-state index is 0. The van der Waals surface area contributed by atoms with Crippen LogP contribution in [0.5, 0.6) is 0 Å². The fourth-order valence-corrected chi connectivity index (χ4v) is 0.932. The Balaban J connectivity index is 0.000000810. The van der Waals surface area contributed by atoms with E-state index in [0.717, 1.165) is 10.6 Å². The molecule has 1 aromatic carbocycles. The zero-order chi connectivity index (χ0) is 6.85. The normalized spacial score (nSPS) is 8.60. The maximum Gasteiger partial charge on any atom is 0.0449 e. The molecule has 0 saturated heterocycles. The van der Waals surface area contributed by atoms with Gasteiger partial charge in [-0.3, -0.25) is 0 Å². The van der Waals surface area contributed by atoms with Gasteiger partial charge in [0.2, 0.25) is 0 Å². The lowest BCUT2D eigenvalue weighted by atomic mass is 10.2. The fraction of sp³-hybridized carbons (Fsp3) is 0.143. The van der Waals surface area contributed by atoms with Gasteiger partial charge in [-0.15, -0.1) is 25.0 Å². The van der Waals surface area contributed by atoms with Crippen molar-refractivity contribution in [3.8, 4) is 0 Å². The molecule has 0 aliphatic heterocycles. The van der Waals surface area contributed by atoms with Crippen molar-refractivity contribution in [3.63, 3.8) is 0 Å². The van der Waals surface area contributed by atoms with Gasteiger partial charge < -0.3 is 5.73 Å². The van der Waals surface area contributed by atoms with Crippen LogP contribution in [0.1, 0.15) is 5.56 Å². The Morgan fingerprint density at radius 3 is 2.40 bits per heavy atom. The molecule has 0 atom stereocenters. The van der Waals surface area contributed by atoms with Gasteiger partial charge in [-0.1, -0.05) is 6.07 Å². The summed E-state index contributed by atoms with van der Waals surface area (Å²) >= 11 is 4.14. The number of aryl methyl sites for hydroxylation is 1. The molecule has 1 nitrogen and oxygen atoms in total. The van der Waals surface area contributed by atoms with E-state index < -0.39 is 0 Å². The lowest BCUT2D eigenvalue weighted by Gasteiger charge is -1.97. The number of halogens is 1. The van der Waals surface area contributed by atoms with Gasteiger partial charge in [-0.2, -0.15) is 0 Å². The molecular weight excluding hydrogens is 166 g/mol. The van der Waals surface area contributed by atoms with E-state index in [2.05, 4.69) is 12.6 Å².